The Labute approximate surface area is 215 Å². The van der Waals surface area contributed by atoms with E-state index >= 15 is 0 Å². The van der Waals surface area contributed by atoms with Crippen LogP contribution in [0.5, 0.6) is 0 Å². The Kier molecular flexibility index (Phi) is 6.47. The van der Waals surface area contributed by atoms with E-state index in [0.717, 1.165) is 0 Å². The molecule has 0 aliphatic carbocycles. The van der Waals surface area contributed by atoms with Gasteiger partial charge in [0.1, 0.15) is 23.3 Å². The van der Waals surface area contributed by atoms with Crippen LogP contribution in [0.2, 0.25) is 0 Å². The number of aliphatic imine (C=N–C) groups is 1. The highest BCUT2D eigenvalue weighted by Crippen LogP contribution is 2.28. The number of nitrogens with zero attached hydrogens (tertiary/aromatic N) is 4. The number of rotatable bonds is 5. The topological polar surface area (TPSA) is 131 Å². The van der Waals surface area contributed by atoms with E-state index in [9.17, 15) is 18.4 Å². The molecule has 4 aromatic rings. The van der Waals surface area contributed by atoms with Gasteiger partial charge in [-0.05, 0) is 42.8 Å². The third-order valence-electron chi connectivity index (χ3n) is 6.09. The van der Waals surface area contributed by atoms with Gasteiger partial charge in [0.25, 0.3) is 5.56 Å². The van der Waals surface area contributed by atoms with Crippen LogP contribution in [0.15, 0.2) is 64.4 Å². The molecule has 2 aromatic heterocycles. The number of benzene rings is 2. The van der Waals surface area contributed by atoms with Crippen molar-refractivity contribution in [1.29, 1.82) is 0 Å². The van der Waals surface area contributed by atoms with Crippen LogP contribution in [-0.4, -0.2) is 32.9 Å². The minimum Gasteiger partial charge on any atom is -0.337 e. The molecule has 2 amide bonds. The highest BCUT2D eigenvalue weighted by Gasteiger charge is 2.20. The molecule has 5 N–H and O–H groups in total. The summed E-state index contributed by atoms with van der Waals surface area (Å²) in [7, 11) is 1.58. The van der Waals surface area contributed by atoms with E-state index < -0.39 is 24.0 Å². The number of halogens is 2. The summed E-state index contributed by atoms with van der Waals surface area (Å²) >= 11 is 0. The fourth-order valence-electron chi connectivity index (χ4n) is 4.24. The second-order valence-electron chi connectivity index (χ2n) is 8.57. The molecular formula is C26H24F2N8O2. The highest BCUT2D eigenvalue weighted by atomic mass is 19.1. The van der Waals surface area contributed by atoms with E-state index in [1.54, 1.807) is 37.5 Å². The number of carbonyl (C=O) groups is 1. The first-order chi connectivity index (χ1) is 18.2. The van der Waals surface area contributed by atoms with Crippen LogP contribution < -0.4 is 27.2 Å². The molecule has 0 spiro atoms. The zero-order chi connectivity index (χ0) is 27.0. The van der Waals surface area contributed by atoms with Crippen molar-refractivity contribution in [3.8, 4) is 22.4 Å². The average molecular weight is 519 g/mol. The first kappa shape index (κ1) is 24.8. The van der Waals surface area contributed by atoms with Crippen LogP contribution in [0.3, 0.4) is 0 Å². The summed E-state index contributed by atoms with van der Waals surface area (Å²) in [5.74, 6) is -0.323. The Bertz CT molecular complexity index is 1640. The number of nitrogens with one attached hydrogen (secondary N) is 3. The van der Waals surface area contributed by atoms with Gasteiger partial charge in [-0.2, -0.15) is 5.10 Å². The molecule has 0 saturated carbocycles. The first-order valence-corrected chi connectivity index (χ1v) is 11.7. The van der Waals surface area contributed by atoms with E-state index in [2.05, 4.69) is 26.0 Å². The lowest BCUT2D eigenvalue weighted by Gasteiger charge is -2.23. The summed E-state index contributed by atoms with van der Waals surface area (Å²) in [4.78, 5) is 30.1. The number of aromatic nitrogens is 3. The van der Waals surface area contributed by atoms with Crippen molar-refractivity contribution in [2.45, 2.75) is 19.8 Å². The SMILES string of the molecule is CCn1c2c(cc(-c3ccc(F)c(NC(=O)Nc4cc(-c5ccccc5F)nn4C)c3)c1=O)C=NC(N)N2. The predicted octanol–water partition coefficient (Wildman–Crippen LogP) is 3.94. The zero-order valence-corrected chi connectivity index (χ0v) is 20.5. The smallest absolute Gasteiger partial charge is 0.324 e. The van der Waals surface area contributed by atoms with Crippen molar-refractivity contribution in [2.24, 2.45) is 17.8 Å². The standard InChI is InChI=1S/C26H24F2N8O2/c1-3-36-23-15(13-30-25(29)33-23)10-17(24(36)37)14-8-9-19(28)21(11-14)31-26(38)32-22-12-20(34-35(22)2)16-6-4-5-7-18(16)27/h4-13,25,33H,3,29H2,1-2H3,(H2,31,32,38). The van der Waals surface area contributed by atoms with Gasteiger partial charge in [0.15, 0.2) is 6.29 Å². The molecule has 2 aromatic carbocycles. The fourth-order valence-corrected chi connectivity index (χ4v) is 4.24. The van der Waals surface area contributed by atoms with Crippen LogP contribution in [0, 0.1) is 11.6 Å². The summed E-state index contributed by atoms with van der Waals surface area (Å²) in [6, 6.07) is 12.6. The van der Waals surface area contributed by atoms with Crippen molar-refractivity contribution in [3.05, 3.63) is 82.1 Å². The summed E-state index contributed by atoms with van der Waals surface area (Å²) in [6.45, 7) is 2.19. The minimum atomic E-state index is -0.745. The second kappa shape index (κ2) is 9.90. The number of urea groups is 1. The maximum atomic E-state index is 14.7. The normalized spacial score (nSPS) is 14.1. The lowest BCUT2D eigenvalue weighted by atomic mass is 10.0. The summed E-state index contributed by atoms with van der Waals surface area (Å²) < 4.78 is 31.7. The second-order valence-corrected chi connectivity index (χ2v) is 8.57. The van der Waals surface area contributed by atoms with Gasteiger partial charge >= 0.3 is 6.03 Å². The van der Waals surface area contributed by atoms with Gasteiger partial charge in [-0.1, -0.05) is 18.2 Å². The van der Waals surface area contributed by atoms with Gasteiger partial charge in [-0.15, -0.1) is 0 Å². The molecule has 1 aliphatic heterocycles. The number of fused-ring (bicyclic) bond motifs is 1. The number of pyridine rings is 1. The monoisotopic (exact) mass is 518 g/mol. The molecule has 12 heteroatoms. The van der Waals surface area contributed by atoms with Crippen LogP contribution in [-0.2, 0) is 13.6 Å². The molecule has 0 bridgehead atoms. The van der Waals surface area contributed by atoms with Crippen LogP contribution >= 0.6 is 0 Å². The fraction of sp³-hybridized carbons (Fsp3) is 0.154. The molecule has 5 rings (SSSR count). The number of nitrogens with two attached hydrogens (primary N) is 1. The van der Waals surface area contributed by atoms with Gasteiger partial charge in [0, 0.05) is 42.6 Å². The van der Waals surface area contributed by atoms with Crippen LogP contribution in [0.1, 0.15) is 12.5 Å². The van der Waals surface area contributed by atoms with E-state index in [1.807, 2.05) is 6.92 Å². The van der Waals surface area contributed by atoms with Crippen molar-refractivity contribution < 1.29 is 13.6 Å². The third kappa shape index (κ3) is 4.64. The van der Waals surface area contributed by atoms with E-state index in [-0.39, 0.29) is 22.6 Å². The number of hydrogen-bond donors (Lipinski definition) is 4. The van der Waals surface area contributed by atoms with E-state index in [4.69, 9.17) is 5.73 Å². The summed E-state index contributed by atoms with van der Waals surface area (Å²) in [5.41, 5.74) is 7.35. The lowest BCUT2D eigenvalue weighted by molar-refractivity contribution is 0.262. The van der Waals surface area contributed by atoms with Gasteiger partial charge < -0.3 is 10.6 Å². The predicted molar refractivity (Wildman–Crippen MR) is 142 cm³/mol. The minimum absolute atomic E-state index is 0.134. The summed E-state index contributed by atoms with van der Waals surface area (Å²) in [6.07, 6.45) is 0.915. The quantitative estimate of drug-likeness (QED) is 0.318. The molecule has 38 heavy (non-hydrogen) atoms. The number of anilines is 3. The maximum Gasteiger partial charge on any atom is 0.324 e. The number of carbonyl (C=O) groups excluding carboxylic acids is 1. The molecule has 0 saturated heterocycles. The molecule has 1 aliphatic rings. The Hall–Kier alpha value is -4.84. The largest absolute Gasteiger partial charge is 0.337 e. The molecule has 1 atom stereocenters. The molecule has 3 heterocycles. The van der Waals surface area contributed by atoms with Crippen molar-refractivity contribution in [2.75, 3.05) is 16.0 Å². The first-order valence-electron chi connectivity index (χ1n) is 11.7. The van der Waals surface area contributed by atoms with E-state index in [1.165, 1.54) is 39.6 Å². The third-order valence-corrected chi connectivity index (χ3v) is 6.09. The Morgan fingerprint density at radius 1 is 1.08 bits per heavy atom. The summed E-state index contributed by atoms with van der Waals surface area (Å²) in [5, 5.41) is 12.3. The average Bonchev–Trinajstić information content (AvgIpc) is 3.25. The van der Waals surface area contributed by atoms with Crippen LogP contribution in [0.25, 0.3) is 22.4 Å². The maximum absolute atomic E-state index is 14.7. The molecule has 10 nitrogen and oxygen atoms in total. The van der Waals surface area contributed by atoms with Gasteiger partial charge in [0.05, 0.1) is 11.4 Å². The Balaban J connectivity index is 1.41. The molecule has 1 unspecified atom stereocenters. The van der Waals surface area contributed by atoms with Gasteiger partial charge in [-0.3, -0.25) is 30.1 Å². The Morgan fingerprint density at radius 2 is 1.87 bits per heavy atom. The number of hydrogen-bond acceptors (Lipinski definition) is 6. The van der Waals surface area contributed by atoms with Crippen molar-refractivity contribution in [1.82, 2.24) is 14.3 Å². The van der Waals surface area contributed by atoms with E-state index in [0.29, 0.717) is 34.7 Å². The number of amides is 2. The number of aryl methyl sites for hydroxylation is 1. The van der Waals surface area contributed by atoms with Gasteiger partial charge in [-0.25, -0.2) is 13.6 Å². The lowest BCUT2D eigenvalue weighted by Crippen LogP contribution is -2.35. The van der Waals surface area contributed by atoms with Gasteiger partial charge in [0.2, 0.25) is 0 Å². The van der Waals surface area contributed by atoms with Crippen LogP contribution in [0.4, 0.5) is 30.9 Å². The highest BCUT2D eigenvalue weighted by molar-refractivity contribution is 6.00. The van der Waals surface area contributed by atoms with Crippen molar-refractivity contribution >= 4 is 29.6 Å². The zero-order valence-electron chi connectivity index (χ0n) is 20.5. The Morgan fingerprint density at radius 3 is 2.63 bits per heavy atom. The molecule has 0 fully saturated rings. The van der Waals surface area contributed by atoms with Crippen molar-refractivity contribution in [3.63, 3.8) is 0 Å². The molecule has 0 radical (unpaired) electrons. The molecule has 194 valence electrons. The molecular weight excluding hydrogens is 494 g/mol.